The molecule has 0 aliphatic heterocycles. The molecule has 0 aliphatic rings. The topological polar surface area (TPSA) is 78.6 Å². The summed E-state index contributed by atoms with van der Waals surface area (Å²) in [4.78, 5) is 28.4. The van der Waals surface area contributed by atoms with Gasteiger partial charge in [-0.1, -0.05) is 95.5 Å². The second-order valence-corrected chi connectivity index (χ2v) is 9.73. The molecule has 0 saturated carbocycles. The lowest BCUT2D eigenvalue weighted by Gasteiger charge is -2.09. The van der Waals surface area contributed by atoms with E-state index in [0.717, 1.165) is 43.1 Å². The zero-order chi connectivity index (χ0) is 26.3. The standard InChI is InChI=1S/C31H41NO5/c1-3-24(2)30(33)36-20-16-11-9-7-5-4-6-8-10-15-19-35-29-22-28-26(23-32-29)21-27(31(34)37-28)25-17-13-12-14-18-25/h12-14,17-18,21-24H,3-11,15-16,19-20H2,1-2H3. The van der Waals surface area contributed by atoms with E-state index in [4.69, 9.17) is 13.9 Å². The van der Waals surface area contributed by atoms with Crippen LogP contribution in [0, 0.1) is 5.92 Å². The summed E-state index contributed by atoms with van der Waals surface area (Å²) in [6.07, 6.45) is 14.2. The Labute approximate surface area is 220 Å². The average Bonchev–Trinajstić information content (AvgIpc) is 2.92. The first kappa shape index (κ1) is 28.4. The molecule has 37 heavy (non-hydrogen) atoms. The molecular weight excluding hydrogens is 466 g/mol. The largest absolute Gasteiger partial charge is 0.478 e. The number of carbonyl (C=O) groups is 1. The van der Waals surface area contributed by atoms with Gasteiger partial charge in [-0.3, -0.25) is 4.79 Å². The van der Waals surface area contributed by atoms with Gasteiger partial charge in [-0.05, 0) is 30.9 Å². The molecular formula is C31H41NO5. The quantitative estimate of drug-likeness (QED) is 0.137. The molecule has 1 atom stereocenters. The Morgan fingerprint density at radius 2 is 1.51 bits per heavy atom. The van der Waals surface area contributed by atoms with Gasteiger partial charge in [-0.15, -0.1) is 0 Å². The van der Waals surface area contributed by atoms with E-state index in [-0.39, 0.29) is 17.5 Å². The molecule has 0 N–H and O–H groups in total. The predicted octanol–water partition coefficient (Wildman–Crippen LogP) is 7.72. The first-order valence-electron chi connectivity index (χ1n) is 13.9. The number of unbranched alkanes of at least 4 members (excludes halogenated alkanes) is 9. The van der Waals surface area contributed by atoms with Crippen LogP contribution >= 0.6 is 0 Å². The third kappa shape index (κ3) is 9.67. The van der Waals surface area contributed by atoms with Crippen LogP contribution in [0.25, 0.3) is 22.1 Å². The summed E-state index contributed by atoms with van der Waals surface area (Å²) < 4.78 is 16.6. The first-order chi connectivity index (χ1) is 18.1. The molecule has 0 amide bonds. The van der Waals surface area contributed by atoms with Crippen molar-refractivity contribution < 1.29 is 18.7 Å². The van der Waals surface area contributed by atoms with E-state index in [1.807, 2.05) is 50.2 Å². The predicted molar refractivity (Wildman–Crippen MR) is 148 cm³/mol. The number of ether oxygens (including phenoxy) is 2. The molecule has 1 aromatic carbocycles. The molecule has 200 valence electrons. The van der Waals surface area contributed by atoms with E-state index in [2.05, 4.69) is 4.98 Å². The van der Waals surface area contributed by atoms with E-state index in [0.29, 0.717) is 30.2 Å². The van der Waals surface area contributed by atoms with Crippen LogP contribution in [0.2, 0.25) is 0 Å². The number of pyridine rings is 1. The molecule has 1 unspecified atom stereocenters. The highest BCUT2D eigenvalue weighted by atomic mass is 16.5. The van der Waals surface area contributed by atoms with Crippen molar-refractivity contribution in [2.75, 3.05) is 13.2 Å². The Morgan fingerprint density at radius 1 is 0.892 bits per heavy atom. The molecule has 2 aromatic heterocycles. The van der Waals surface area contributed by atoms with Crippen LogP contribution < -0.4 is 10.4 Å². The van der Waals surface area contributed by atoms with Crippen LogP contribution in [-0.4, -0.2) is 24.2 Å². The Bertz CT molecular complexity index is 1140. The van der Waals surface area contributed by atoms with Gasteiger partial charge in [0.05, 0.1) is 24.7 Å². The number of aromatic nitrogens is 1. The van der Waals surface area contributed by atoms with Crippen molar-refractivity contribution >= 4 is 16.9 Å². The summed E-state index contributed by atoms with van der Waals surface area (Å²) in [6, 6.07) is 13.0. The van der Waals surface area contributed by atoms with Gasteiger partial charge in [-0.25, -0.2) is 9.78 Å². The lowest BCUT2D eigenvalue weighted by atomic mass is 10.1. The molecule has 3 aromatic rings. The van der Waals surface area contributed by atoms with E-state index in [1.165, 1.54) is 38.5 Å². The van der Waals surface area contributed by atoms with Crippen LogP contribution in [-0.2, 0) is 9.53 Å². The summed E-state index contributed by atoms with van der Waals surface area (Å²) >= 11 is 0. The molecule has 0 saturated heterocycles. The SMILES string of the molecule is CCC(C)C(=O)OCCCCCCCCCCCCOc1cc2oc(=O)c(-c3ccccc3)cc2cn1. The Balaban J connectivity index is 1.22. The molecule has 0 bridgehead atoms. The average molecular weight is 508 g/mol. The summed E-state index contributed by atoms with van der Waals surface area (Å²) in [5, 5.41) is 0.774. The fourth-order valence-corrected chi connectivity index (χ4v) is 4.17. The van der Waals surface area contributed by atoms with Gasteiger partial charge in [0.1, 0.15) is 5.58 Å². The lowest BCUT2D eigenvalue weighted by molar-refractivity contribution is -0.148. The van der Waals surface area contributed by atoms with Gasteiger partial charge in [-0.2, -0.15) is 0 Å². The van der Waals surface area contributed by atoms with Gasteiger partial charge in [0.25, 0.3) is 0 Å². The summed E-state index contributed by atoms with van der Waals surface area (Å²) in [5.41, 5.74) is 1.48. The van der Waals surface area contributed by atoms with Gasteiger partial charge in [0.2, 0.25) is 5.88 Å². The van der Waals surface area contributed by atoms with Crippen molar-refractivity contribution in [1.82, 2.24) is 4.98 Å². The smallest absolute Gasteiger partial charge is 0.344 e. The van der Waals surface area contributed by atoms with Crippen LogP contribution in [0.1, 0.15) is 84.5 Å². The highest BCUT2D eigenvalue weighted by Crippen LogP contribution is 2.23. The van der Waals surface area contributed by atoms with Crippen LogP contribution in [0.5, 0.6) is 5.88 Å². The van der Waals surface area contributed by atoms with Crippen molar-refractivity contribution in [3.8, 4) is 17.0 Å². The zero-order valence-corrected chi connectivity index (χ0v) is 22.4. The highest BCUT2D eigenvalue weighted by molar-refractivity contribution is 5.81. The molecule has 0 fully saturated rings. The summed E-state index contributed by atoms with van der Waals surface area (Å²) in [5.74, 6) is 0.436. The van der Waals surface area contributed by atoms with Crippen molar-refractivity contribution in [2.24, 2.45) is 5.92 Å². The van der Waals surface area contributed by atoms with E-state index in [1.54, 1.807) is 12.3 Å². The second kappa shape index (κ2) is 15.9. The second-order valence-electron chi connectivity index (χ2n) is 9.73. The fraction of sp³-hybridized carbons (Fsp3) is 0.516. The monoisotopic (exact) mass is 507 g/mol. The molecule has 6 nitrogen and oxygen atoms in total. The molecule has 0 aliphatic carbocycles. The first-order valence-corrected chi connectivity index (χ1v) is 13.9. The summed E-state index contributed by atoms with van der Waals surface area (Å²) in [6.45, 7) is 5.09. The normalized spacial score (nSPS) is 11.9. The number of rotatable bonds is 17. The number of nitrogens with zero attached hydrogens (tertiary/aromatic N) is 1. The van der Waals surface area contributed by atoms with Gasteiger partial charge in [0.15, 0.2) is 0 Å². The van der Waals surface area contributed by atoms with E-state index in [9.17, 15) is 9.59 Å². The number of benzene rings is 1. The number of esters is 1. The molecule has 6 heteroatoms. The van der Waals surface area contributed by atoms with E-state index >= 15 is 0 Å². The zero-order valence-electron chi connectivity index (χ0n) is 22.4. The third-order valence-electron chi connectivity index (χ3n) is 6.72. The van der Waals surface area contributed by atoms with Crippen LogP contribution in [0.15, 0.2) is 57.9 Å². The van der Waals surface area contributed by atoms with Gasteiger partial charge < -0.3 is 13.9 Å². The Kier molecular flexibility index (Phi) is 12.2. The minimum Gasteiger partial charge on any atom is -0.478 e. The fourth-order valence-electron chi connectivity index (χ4n) is 4.17. The van der Waals surface area contributed by atoms with Crippen molar-refractivity contribution in [1.29, 1.82) is 0 Å². The number of hydrogen-bond donors (Lipinski definition) is 0. The molecule has 3 rings (SSSR count). The molecule has 0 spiro atoms. The number of fused-ring (bicyclic) bond motifs is 1. The minimum atomic E-state index is -0.363. The number of hydrogen-bond acceptors (Lipinski definition) is 6. The lowest BCUT2D eigenvalue weighted by Crippen LogP contribution is -2.14. The third-order valence-corrected chi connectivity index (χ3v) is 6.72. The van der Waals surface area contributed by atoms with Crippen molar-refractivity contribution in [2.45, 2.75) is 84.5 Å². The molecule has 0 radical (unpaired) electrons. The van der Waals surface area contributed by atoms with Crippen LogP contribution in [0.3, 0.4) is 0 Å². The van der Waals surface area contributed by atoms with Gasteiger partial charge in [0, 0.05) is 17.6 Å². The maximum Gasteiger partial charge on any atom is 0.344 e. The van der Waals surface area contributed by atoms with Crippen molar-refractivity contribution in [3.63, 3.8) is 0 Å². The maximum atomic E-state index is 12.4. The van der Waals surface area contributed by atoms with Gasteiger partial charge >= 0.3 is 11.6 Å². The Hall–Kier alpha value is -3.15. The number of carbonyl (C=O) groups excluding carboxylic acids is 1. The Morgan fingerprint density at radius 3 is 2.16 bits per heavy atom. The molecule has 2 heterocycles. The highest BCUT2D eigenvalue weighted by Gasteiger charge is 2.11. The van der Waals surface area contributed by atoms with E-state index < -0.39 is 0 Å². The minimum absolute atomic E-state index is 0.0141. The summed E-state index contributed by atoms with van der Waals surface area (Å²) in [7, 11) is 0. The van der Waals surface area contributed by atoms with Crippen LogP contribution in [0.4, 0.5) is 0 Å². The van der Waals surface area contributed by atoms with Crippen molar-refractivity contribution in [3.05, 3.63) is 59.1 Å². The maximum absolute atomic E-state index is 12.4.